The summed E-state index contributed by atoms with van der Waals surface area (Å²) in [5.41, 5.74) is 10.8. The molecule has 11 rings (SSSR count). The normalized spacial score (nSPS) is 25.9. The maximum absolute atomic E-state index is 15.1. The fraction of sp³-hybridized carbons (Fsp3) is 0.625. The average Bonchev–Trinajstić information content (AvgIpc) is 1.58. The molecule has 6 N–H and O–H groups in total. The van der Waals surface area contributed by atoms with Gasteiger partial charge in [0.1, 0.15) is 30.5 Å². The van der Waals surface area contributed by atoms with E-state index in [1.165, 1.54) is 41.4 Å². The van der Waals surface area contributed by atoms with Crippen LogP contribution < -0.4 is 36.6 Å². The number of ketones is 2. The van der Waals surface area contributed by atoms with E-state index in [-0.39, 0.29) is 120 Å². The second kappa shape index (κ2) is 57.3. The number of piperidine rings is 1. The van der Waals surface area contributed by atoms with Gasteiger partial charge in [0.25, 0.3) is 11.7 Å². The number of hydrogen-bond donors (Lipinski definition) is 5. The van der Waals surface area contributed by atoms with Gasteiger partial charge in [-0.3, -0.25) is 33.3 Å². The summed E-state index contributed by atoms with van der Waals surface area (Å²) >= 11 is 0. The number of Topliss-reactive ketones (excluding diaryl/α,β-unsaturated/α-hetero) is 2. The topological polar surface area (TPSA) is 429 Å². The number of cyclic esters (lactones) is 1. The Kier molecular flexibility index (Phi) is 45.4. The van der Waals surface area contributed by atoms with Crippen molar-refractivity contribution in [2.45, 2.75) is 204 Å². The lowest BCUT2D eigenvalue weighted by Crippen LogP contribution is -2.61. The molecule has 16 atom stereocenters. The highest BCUT2D eigenvalue weighted by Crippen LogP contribution is 2.42. The Morgan fingerprint density at radius 2 is 1.27 bits per heavy atom. The summed E-state index contributed by atoms with van der Waals surface area (Å²) in [5.74, 6) is -6.89. The molecular weight excluding hydrogens is 1870 g/mol. The molecule has 5 aliphatic rings. The number of aromatic nitrogens is 6. The smallest absolute Gasteiger partial charge is 0.418 e. The van der Waals surface area contributed by atoms with Crippen LogP contribution in [-0.2, 0) is 115 Å². The Bertz CT molecular complexity index is 5270. The predicted molar refractivity (Wildman–Crippen MR) is 530 cm³/mol. The zero-order valence-electron chi connectivity index (χ0n) is 85.0. The quantitative estimate of drug-likeness (QED) is 0.0103. The highest BCUT2D eigenvalue weighted by atomic mass is 19.4. The molecule has 2 bridgehead atoms. The summed E-state index contributed by atoms with van der Waals surface area (Å²) in [6, 6.07) is 11.1. The molecule has 37 nitrogen and oxygen atoms in total. The zero-order chi connectivity index (χ0) is 103. The standard InChI is InChI=1S/C104H147F3N12O25/c1-67-18-14-13-15-19-68(2)87(129-8)60-78-26-21-72(6)103(128,144-78)97(123)98(124)118-33-17-16-20-84(118)99(125)142-89(61-88(130-9)69(3)55-71(5)95(122)96(133-12)94(121)70(4)54-67)81(108)56-73-22-29-86(90(57-73)131-10)143-101(126)109-32-39-135-41-43-137-45-47-139-49-51-141-53-52-140-50-48-138-46-44-136-42-40-134-38-31-91(120)111-62-74-63-113-100(114-64-74)117-36-34-116(35-37-117)83-28-25-77(59-80(83)104(105,106)107)119-93-79-58-75(76-24-30-92(132-11)112-65-76)23-27-82(79)110-66-85(93)115(7)102(119)127/h13-15,18-19,23-25,27-28,30,55,58-59,63-67,69-70,72-73,78,81,84,86-90,95-96,122,128H,16-17,20-22,26,29,31-54,56-57,60-62,108H2,1-12H3,(H,109,126)(H,111,120)/b15-13+,18-14+,68-19+,71-55+/t67-,69-,70-,72-,73+,78+,81-,84+,86-,87+,88-,89+,90-,95-,96+,103-/m1/s1. The van der Waals surface area contributed by atoms with Crippen LogP contribution in [0, 0.1) is 29.6 Å². The van der Waals surface area contributed by atoms with Gasteiger partial charge >= 0.3 is 23.9 Å². The number of alkyl carbamates (subject to hydrolysis) is 1. The molecule has 144 heavy (non-hydrogen) atoms. The number of nitrogens with two attached hydrogens (primary N) is 1. The molecule has 0 radical (unpaired) electrons. The summed E-state index contributed by atoms with van der Waals surface area (Å²) in [4.78, 5) is 120. The number of allylic oxidation sites excluding steroid dienone is 5. The molecule has 0 unspecified atom stereocenters. The number of piperazine rings is 1. The van der Waals surface area contributed by atoms with E-state index in [9.17, 15) is 43.8 Å². The maximum Gasteiger partial charge on any atom is 0.418 e. The maximum atomic E-state index is 15.1. The number of alkyl halides is 3. The molecule has 3 saturated heterocycles. The van der Waals surface area contributed by atoms with E-state index < -0.39 is 126 Å². The average molecular weight is 2020 g/mol. The van der Waals surface area contributed by atoms with E-state index in [2.05, 4.69) is 30.6 Å². The number of aryl methyl sites for hydroxylation is 1. The second-order valence-electron chi connectivity index (χ2n) is 37.5. The van der Waals surface area contributed by atoms with Crippen molar-refractivity contribution in [1.29, 1.82) is 0 Å². The van der Waals surface area contributed by atoms with Gasteiger partial charge in [0, 0.05) is 171 Å². The summed E-state index contributed by atoms with van der Waals surface area (Å²) < 4.78 is 140. The highest BCUT2D eigenvalue weighted by molar-refractivity contribution is 6.39. The van der Waals surface area contributed by atoms with Crippen LogP contribution >= 0.6 is 0 Å². The molecule has 6 aromatic rings. The van der Waals surface area contributed by atoms with Crippen molar-refractivity contribution in [3.63, 3.8) is 0 Å². The summed E-state index contributed by atoms with van der Waals surface area (Å²) in [6.07, 6.45) is 10.8. The number of benzene rings is 2. The Labute approximate surface area is 839 Å². The van der Waals surface area contributed by atoms with Gasteiger partial charge in [0.2, 0.25) is 23.5 Å². The Hall–Kier alpha value is -10.1. The van der Waals surface area contributed by atoms with Crippen molar-refractivity contribution in [3.8, 4) is 22.7 Å². The number of halogens is 3. The number of nitrogens with zero attached hydrogens (tertiary/aromatic N) is 9. The molecule has 1 aliphatic carbocycles. The third-order valence-electron chi connectivity index (χ3n) is 27.3. The molecule has 794 valence electrons. The van der Waals surface area contributed by atoms with Crippen LogP contribution in [0.15, 0.2) is 126 Å². The number of methoxy groups -OCH3 is 5. The molecule has 0 spiro atoms. The first kappa shape index (κ1) is 114. The Morgan fingerprint density at radius 3 is 1.89 bits per heavy atom. The first-order valence-electron chi connectivity index (χ1n) is 50.0. The van der Waals surface area contributed by atoms with Crippen LogP contribution in [0.5, 0.6) is 5.88 Å². The van der Waals surface area contributed by atoms with Gasteiger partial charge in [-0.2, -0.15) is 13.2 Å². The van der Waals surface area contributed by atoms with E-state index in [1.54, 1.807) is 89.1 Å². The number of amides is 3. The summed E-state index contributed by atoms with van der Waals surface area (Å²) in [7, 11) is 9.11. The van der Waals surface area contributed by atoms with E-state index in [4.69, 9.17) is 81.5 Å². The predicted octanol–water partition coefficient (Wildman–Crippen LogP) is 10.3. The third-order valence-corrected chi connectivity index (χ3v) is 27.3. The van der Waals surface area contributed by atoms with Gasteiger partial charge < -0.3 is 117 Å². The minimum absolute atomic E-state index is 0.00847. The number of esters is 1. The van der Waals surface area contributed by atoms with E-state index in [0.29, 0.717) is 195 Å². The summed E-state index contributed by atoms with van der Waals surface area (Å²) in [5, 5.41) is 30.1. The lowest BCUT2D eigenvalue weighted by atomic mass is 9.80. The molecule has 3 amide bonds. The Morgan fingerprint density at radius 1 is 0.632 bits per heavy atom. The number of rotatable bonds is 42. The molecule has 4 aromatic heterocycles. The monoisotopic (exact) mass is 2020 g/mol. The number of hydrogen-bond acceptors (Lipinski definition) is 32. The number of imidazole rings is 1. The van der Waals surface area contributed by atoms with Gasteiger partial charge in [-0.05, 0) is 143 Å². The minimum atomic E-state index is -4.75. The van der Waals surface area contributed by atoms with Crippen LogP contribution in [0.25, 0.3) is 38.8 Å². The molecule has 1 saturated carbocycles. The van der Waals surface area contributed by atoms with Crippen LogP contribution in [0.4, 0.5) is 29.6 Å². The van der Waals surface area contributed by atoms with Crippen molar-refractivity contribution in [2.24, 2.45) is 42.4 Å². The van der Waals surface area contributed by atoms with Crippen LogP contribution in [0.1, 0.15) is 136 Å². The fourth-order valence-corrected chi connectivity index (χ4v) is 19.0. The SMILES string of the molecule is COc1ccc(-c2ccc3ncc4c(c3c2)n(-c2ccc(N3CCN(c5ncc(CNC(=O)CCOCCOCCOCCOCCOCCOCCOCCOCCNC(=O)O[C@@H]6CC[C@@H](C[C@@H](N)[C@@H]7C[C@@H](OC)[C@H](C)/C=C(\C)[C@@H](O)[C@@H](OC)C(=O)[C@H](C)C[C@H](C)/C=C/C=C/C=C(\C)[C@@H](OC)C[C@@H]8CC[C@@H](C)[C@@](O)(O8)C(=O)C(=O)N8CCCC[C@H]8C(=O)O7)C[C@H]6OC)cn5)CC3)c(C(F)(F)F)c2)c(=O)n4C)cn1. The molecule has 8 heterocycles. The number of ether oxygens (including phenoxy) is 16. The number of aliphatic hydroxyl groups excluding tert-OH is 1. The second-order valence-corrected chi connectivity index (χ2v) is 37.5. The van der Waals surface area contributed by atoms with Crippen molar-refractivity contribution in [3.05, 3.63) is 143 Å². The van der Waals surface area contributed by atoms with E-state index >= 15 is 13.2 Å². The van der Waals surface area contributed by atoms with Gasteiger partial charge in [-0.1, -0.05) is 70.2 Å². The fourth-order valence-electron chi connectivity index (χ4n) is 19.0. The Balaban J connectivity index is 0.504. The lowest BCUT2D eigenvalue weighted by Gasteiger charge is -2.43. The molecule has 40 heteroatoms. The molecular formula is C104H147F3N12O25. The number of carbonyl (C=O) groups excluding carboxylic acids is 6. The van der Waals surface area contributed by atoms with E-state index in [1.807, 2.05) is 81.2 Å². The third kappa shape index (κ3) is 32.4. The van der Waals surface area contributed by atoms with Gasteiger partial charge in [0.05, 0.1) is 171 Å². The highest BCUT2D eigenvalue weighted by Gasteiger charge is 2.54. The van der Waals surface area contributed by atoms with E-state index in [0.717, 1.165) is 22.8 Å². The first-order chi connectivity index (χ1) is 69.4. The molecule has 4 fully saturated rings. The van der Waals surface area contributed by atoms with Crippen LogP contribution in [0.3, 0.4) is 0 Å². The molecule has 2 aromatic carbocycles. The van der Waals surface area contributed by atoms with Crippen molar-refractivity contribution < 1.29 is 128 Å². The number of fused-ring (bicyclic) bond motifs is 6. The van der Waals surface area contributed by atoms with Crippen molar-refractivity contribution in [2.75, 3.05) is 190 Å². The number of aliphatic hydroxyl groups is 2. The first-order valence-corrected chi connectivity index (χ1v) is 50.0. The van der Waals surface area contributed by atoms with Crippen molar-refractivity contribution in [1.82, 2.24) is 44.6 Å². The number of anilines is 2. The van der Waals surface area contributed by atoms with Crippen molar-refractivity contribution >= 4 is 69.0 Å². The minimum Gasteiger partial charge on any atom is -0.481 e. The van der Waals surface area contributed by atoms with Gasteiger partial charge in [-0.15, -0.1) is 0 Å². The van der Waals surface area contributed by atoms with Crippen LogP contribution in [-0.4, -0.2) is 327 Å². The van der Waals surface area contributed by atoms with Crippen LogP contribution in [0.2, 0.25) is 0 Å². The zero-order valence-corrected chi connectivity index (χ0v) is 85.0. The van der Waals surface area contributed by atoms with Gasteiger partial charge in [0.15, 0.2) is 5.78 Å². The number of nitrogens with one attached hydrogen (secondary N) is 2. The lowest BCUT2D eigenvalue weighted by molar-refractivity contribution is -0.265. The number of pyridine rings is 2. The summed E-state index contributed by atoms with van der Waals surface area (Å²) in [6.45, 7) is 17.8. The van der Waals surface area contributed by atoms with Gasteiger partial charge in [-0.25, -0.2) is 29.3 Å². The largest absolute Gasteiger partial charge is 0.481 e. The number of carbonyl (C=O) groups is 6. The molecule has 4 aliphatic heterocycles.